The van der Waals surface area contributed by atoms with Crippen LogP contribution in [0.25, 0.3) is 0 Å². The molecule has 0 bridgehead atoms. The van der Waals surface area contributed by atoms with Gasteiger partial charge in [0.15, 0.2) is 0 Å². The fourth-order valence-electron chi connectivity index (χ4n) is 1.63. The van der Waals surface area contributed by atoms with Gasteiger partial charge in [-0.25, -0.2) is 13.6 Å². The van der Waals surface area contributed by atoms with Crippen molar-refractivity contribution in [2.75, 3.05) is 0 Å². The highest BCUT2D eigenvalue weighted by Gasteiger charge is 2.07. The maximum atomic E-state index is 11.1. The van der Waals surface area contributed by atoms with Crippen LogP contribution < -0.4 is 5.14 Å². The summed E-state index contributed by atoms with van der Waals surface area (Å²) < 4.78 is 22.3. The summed E-state index contributed by atoms with van der Waals surface area (Å²) in [7, 11) is -3.56. The van der Waals surface area contributed by atoms with Gasteiger partial charge in [0, 0.05) is 0 Å². The molecule has 0 aliphatic heterocycles. The van der Waals surface area contributed by atoms with E-state index in [-0.39, 0.29) is 4.90 Å². The Balaban J connectivity index is 2.62. The van der Waals surface area contributed by atoms with E-state index in [4.69, 9.17) is 5.14 Å². The molecule has 0 atom stereocenters. The molecule has 4 heteroatoms. The first kappa shape index (κ1) is 13.2. The summed E-state index contributed by atoms with van der Waals surface area (Å²) in [5, 5.41) is 5.07. The van der Waals surface area contributed by atoms with Gasteiger partial charge in [0.05, 0.1) is 4.90 Å². The number of aryl methyl sites for hydroxylation is 1. The summed E-state index contributed by atoms with van der Waals surface area (Å²) >= 11 is 0. The van der Waals surface area contributed by atoms with Gasteiger partial charge >= 0.3 is 0 Å². The molecular formula is C12H19NO2S. The Bertz CT molecular complexity index is 426. The quantitative estimate of drug-likeness (QED) is 0.778. The SMILES string of the molecule is CCCCCCc1cccc(S(N)(=O)=O)c1. The molecule has 0 saturated carbocycles. The highest BCUT2D eigenvalue weighted by atomic mass is 32.2. The van der Waals surface area contributed by atoms with Crippen molar-refractivity contribution in [3.8, 4) is 0 Å². The van der Waals surface area contributed by atoms with Crippen LogP contribution in [0.4, 0.5) is 0 Å². The van der Waals surface area contributed by atoms with Crippen molar-refractivity contribution in [2.45, 2.75) is 43.9 Å². The molecule has 0 heterocycles. The minimum atomic E-state index is -3.56. The average Bonchev–Trinajstić information content (AvgIpc) is 2.24. The number of primary sulfonamides is 1. The van der Waals surface area contributed by atoms with Gasteiger partial charge in [-0.1, -0.05) is 38.3 Å². The Labute approximate surface area is 97.7 Å². The van der Waals surface area contributed by atoms with Crippen LogP contribution in [-0.4, -0.2) is 8.42 Å². The summed E-state index contributed by atoms with van der Waals surface area (Å²) in [6.07, 6.45) is 5.65. The zero-order valence-corrected chi connectivity index (χ0v) is 10.5. The molecule has 0 aliphatic rings. The molecule has 1 rings (SSSR count). The maximum absolute atomic E-state index is 11.1. The number of unbranched alkanes of at least 4 members (excludes halogenated alkanes) is 3. The third-order valence-electron chi connectivity index (χ3n) is 2.55. The van der Waals surface area contributed by atoms with E-state index in [9.17, 15) is 8.42 Å². The topological polar surface area (TPSA) is 60.2 Å². The molecule has 90 valence electrons. The average molecular weight is 241 g/mol. The standard InChI is InChI=1S/C12H19NO2S/c1-2-3-4-5-7-11-8-6-9-12(10-11)16(13,14)15/h6,8-10H,2-5,7H2,1H3,(H2,13,14,15). The Kier molecular flexibility index (Phi) is 4.96. The third-order valence-corrected chi connectivity index (χ3v) is 3.46. The molecule has 0 amide bonds. The molecule has 1 aromatic rings. The summed E-state index contributed by atoms with van der Waals surface area (Å²) in [4.78, 5) is 0.209. The van der Waals surface area contributed by atoms with Gasteiger partial charge in [0.25, 0.3) is 0 Å². The van der Waals surface area contributed by atoms with E-state index >= 15 is 0 Å². The first-order valence-electron chi connectivity index (χ1n) is 5.66. The molecular weight excluding hydrogens is 222 g/mol. The second kappa shape index (κ2) is 6.01. The summed E-state index contributed by atoms with van der Waals surface area (Å²) in [6, 6.07) is 6.89. The van der Waals surface area contributed by atoms with E-state index in [1.54, 1.807) is 12.1 Å². The normalized spacial score (nSPS) is 11.6. The largest absolute Gasteiger partial charge is 0.238 e. The summed E-state index contributed by atoms with van der Waals surface area (Å²) in [5.74, 6) is 0. The van der Waals surface area contributed by atoms with Gasteiger partial charge in [0.2, 0.25) is 10.0 Å². The van der Waals surface area contributed by atoms with Gasteiger partial charge in [-0.3, -0.25) is 0 Å². The van der Waals surface area contributed by atoms with E-state index in [1.165, 1.54) is 25.3 Å². The highest BCUT2D eigenvalue weighted by Crippen LogP contribution is 2.12. The van der Waals surface area contributed by atoms with Crippen molar-refractivity contribution >= 4 is 10.0 Å². The van der Waals surface area contributed by atoms with Crippen LogP contribution in [0.5, 0.6) is 0 Å². The van der Waals surface area contributed by atoms with Gasteiger partial charge in [0.1, 0.15) is 0 Å². The maximum Gasteiger partial charge on any atom is 0.238 e. The Morgan fingerprint density at radius 1 is 1.19 bits per heavy atom. The Hall–Kier alpha value is -0.870. The lowest BCUT2D eigenvalue weighted by atomic mass is 10.1. The van der Waals surface area contributed by atoms with Crippen LogP contribution in [0.1, 0.15) is 38.2 Å². The molecule has 0 aromatic heterocycles. The van der Waals surface area contributed by atoms with E-state index in [0.717, 1.165) is 18.4 Å². The molecule has 2 N–H and O–H groups in total. The number of hydrogen-bond donors (Lipinski definition) is 1. The molecule has 3 nitrogen and oxygen atoms in total. The van der Waals surface area contributed by atoms with Gasteiger partial charge in [-0.05, 0) is 30.5 Å². The first-order chi connectivity index (χ1) is 7.54. The smallest absolute Gasteiger partial charge is 0.225 e. The lowest BCUT2D eigenvalue weighted by molar-refractivity contribution is 0.597. The van der Waals surface area contributed by atoms with Gasteiger partial charge in [-0.15, -0.1) is 0 Å². The molecule has 0 saturated heterocycles. The Morgan fingerprint density at radius 3 is 2.56 bits per heavy atom. The highest BCUT2D eigenvalue weighted by molar-refractivity contribution is 7.89. The molecule has 0 radical (unpaired) electrons. The minimum Gasteiger partial charge on any atom is -0.225 e. The van der Waals surface area contributed by atoms with Crippen molar-refractivity contribution in [1.82, 2.24) is 0 Å². The van der Waals surface area contributed by atoms with Crippen LogP contribution in [0, 0.1) is 0 Å². The van der Waals surface area contributed by atoms with E-state index in [0.29, 0.717) is 0 Å². The third kappa shape index (κ3) is 4.33. The van der Waals surface area contributed by atoms with Crippen molar-refractivity contribution in [2.24, 2.45) is 5.14 Å². The second-order valence-corrected chi connectivity index (χ2v) is 5.56. The van der Waals surface area contributed by atoms with Crippen LogP contribution in [0.2, 0.25) is 0 Å². The van der Waals surface area contributed by atoms with Crippen molar-refractivity contribution in [1.29, 1.82) is 0 Å². The van der Waals surface area contributed by atoms with E-state index in [2.05, 4.69) is 6.92 Å². The van der Waals surface area contributed by atoms with Crippen LogP contribution in [0.15, 0.2) is 29.2 Å². The number of rotatable bonds is 6. The molecule has 0 spiro atoms. The molecule has 0 fully saturated rings. The Morgan fingerprint density at radius 2 is 1.94 bits per heavy atom. The molecule has 16 heavy (non-hydrogen) atoms. The minimum absolute atomic E-state index is 0.209. The first-order valence-corrected chi connectivity index (χ1v) is 7.20. The number of benzene rings is 1. The van der Waals surface area contributed by atoms with Gasteiger partial charge in [-0.2, -0.15) is 0 Å². The fourth-order valence-corrected chi connectivity index (χ4v) is 2.22. The van der Waals surface area contributed by atoms with Crippen molar-refractivity contribution in [3.05, 3.63) is 29.8 Å². The number of nitrogens with two attached hydrogens (primary N) is 1. The summed E-state index contributed by atoms with van der Waals surface area (Å²) in [5.41, 5.74) is 1.04. The van der Waals surface area contributed by atoms with Crippen molar-refractivity contribution < 1.29 is 8.42 Å². The lowest BCUT2D eigenvalue weighted by Gasteiger charge is -2.03. The van der Waals surface area contributed by atoms with Crippen LogP contribution in [-0.2, 0) is 16.4 Å². The monoisotopic (exact) mass is 241 g/mol. The predicted molar refractivity (Wildman–Crippen MR) is 65.7 cm³/mol. The second-order valence-electron chi connectivity index (χ2n) is 4.00. The predicted octanol–water partition coefficient (Wildman–Crippen LogP) is 2.46. The van der Waals surface area contributed by atoms with Crippen LogP contribution in [0.3, 0.4) is 0 Å². The van der Waals surface area contributed by atoms with E-state index in [1.807, 2.05) is 6.07 Å². The summed E-state index contributed by atoms with van der Waals surface area (Å²) in [6.45, 7) is 2.17. The zero-order valence-electron chi connectivity index (χ0n) is 9.65. The molecule has 0 unspecified atom stereocenters. The van der Waals surface area contributed by atoms with Gasteiger partial charge < -0.3 is 0 Å². The fraction of sp³-hybridized carbons (Fsp3) is 0.500. The number of sulfonamides is 1. The molecule has 1 aromatic carbocycles. The van der Waals surface area contributed by atoms with Crippen molar-refractivity contribution in [3.63, 3.8) is 0 Å². The van der Waals surface area contributed by atoms with Crippen LogP contribution >= 0.6 is 0 Å². The molecule has 0 aliphatic carbocycles. The lowest BCUT2D eigenvalue weighted by Crippen LogP contribution is -2.12. The zero-order chi connectivity index (χ0) is 12.0. The van der Waals surface area contributed by atoms with E-state index < -0.39 is 10.0 Å². The number of hydrogen-bond acceptors (Lipinski definition) is 2.